The fourth-order valence-corrected chi connectivity index (χ4v) is 2.03. The van der Waals surface area contributed by atoms with Gasteiger partial charge >= 0.3 is 0 Å². The van der Waals surface area contributed by atoms with E-state index in [0.29, 0.717) is 0 Å². The molecule has 2 heterocycles. The second kappa shape index (κ2) is 6.72. The molecule has 0 spiro atoms. The standard InChI is InChI=1S/C15H17N3O/c1-2-15(19)18-14-9-12(10-16-11-14)6-7-13-5-3-4-8-17-13/h2-5,8,12,14,16H,1,9-11H2,(H,18,19)/t12-,14+/m1/s1. The number of carbonyl (C=O) groups excluding carboxylic acids is 1. The molecule has 0 radical (unpaired) electrons. The van der Waals surface area contributed by atoms with E-state index in [-0.39, 0.29) is 17.9 Å². The van der Waals surface area contributed by atoms with Gasteiger partial charge < -0.3 is 10.6 Å². The summed E-state index contributed by atoms with van der Waals surface area (Å²) in [5, 5.41) is 6.17. The van der Waals surface area contributed by atoms with E-state index in [4.69, 9.17) is 0 Å². The number of hydrogen-bond donors (Lipinski definition) is 2. The van der Waals surface area contributed by atoms with Crippen LogP contribution in [0, 0.1) is 17.8 Å². The monoisotopic (exact) mass is 255 g/mol. The van der Waals surface area contributed by atoms with Crippen molar-refractivity contribution >= 4 is 5.91 Å². The van der Waals surface area contributed by atoms with Crippen molar-refractivity contribution in [2.45, 2.75) is 12.5 Å². The number of hydrogen-bond acceptors (Lipinski definition) is 3. The summed E-state index contributed by atoms with van der Waals surface area (Å²) in [6, 6.07) is 5.79. The third kappa shape index (κ3) is 4.23. The fraction of sp³-hybridized carbons (Fsp3) is 0.333. The van der Waals surface area contributed by atoms with Crippen molar-refractivity contribution < 1.29 is 4.79 Å². The van der Waals surface area contributed by atoms with Crippen LogP contribution in [0.15, 0.2) is 37.1 Å². The van der Waals surface area contributed by atoms with Gasteiger partial charge in [-0.3, -0.25) is 4.79 Å². The van der Waals surface area contributed by atoms with Crippen LogP contribution in [-0.4, -0.2) is 30.0 Å². The third-order valence-corrected chi connectivity index (χ3v) is 2.95. The van der Waals surface area contributed by atoms with E-state index in [1.807, 2.05) is 18.2 Å². The van der Waals surface area contributed by atoms with E-state index in [1.165, 1.54) is 6.08 Å². The Morgan fingerprint density at radius 2 is 2.42 bits per heavy atom. The lowest BCUT2D eigenvalue weighted by Crippen LogP contribution is -2.48. The number of nitrogens with one attached hydrogen (secondary N) is 2. The lowest BCUT2D eigenvalue weighted by atomic mass is 9.96. The van der Waals surface area contributed by atoms with Gasteiger partial charge in [-0.2, -0.15) is 0 Å². The zero-order valence-electron chi connectivity index (χ0n) is 10.7. The van der Waals surface area contributed by atoms with E-state index in [0.717, 1.165) is 25.2 Å². The molecule has 98 valence electrons. The van der Waals surface area contributed by atoms with Crippen molar-refractivity contribution in [3.05, 3.63) is 42.7 Å². The summed E-state index contributed by atoms with van der Waals surface area (Å²) in [5.41, 5.74) is 0.778. The van der Waals surface area contributed by atoms with E-state index in [1.54, 1.807) is 6.20 Å². The van der Waals surface area contributed by atoms with Gasteiger partial charge in [0.15, 0.2) is 0 Å². The molecule has 2 N–H and O–H groups in total. The maximum Gasteiger partial charge on any atom is 0.243 e. The molecule has 1 amide bonds. The largest absolute Gasteiger partial charge is 0.349 e. The van der Waals surface area contributed by atoms with Crippen molar-refractivity contribution in [3.8, 4) is 11.8 Å². The Labute approximate surface area is 113 Å². The number of piperidine rings is 1. The highest BCUT2D eigenvalue weighted by atomic mass is 16.1. The highest BCUT2D eigenvalue weighted by Gasteiger charge is 2.20. The average Bonchev–Trinajstić information content (AvgIpc) is 2.46. The zero-order chi connectivity index (χ0) is 13.5. The Balaban J connectivity index is 1.93. The molecule has 4 heteroatoms. The summed E-state index contributed by atoms with van der Waals surface area (Å²) in [5.74, 6) is 6.37. The molecule has 1 aromatic rings. The SMILES string of the molecule is C=CC(=O)N[C@@H]1CNC[C@H](C#Cc2ccccn2)C1. The molecule has 0 bridgehead atoms. The van der Waals surface area contributed by atoms with Gasteiger partial charge in [-0.25, -0.2) is 4.98 Å². The summed E-state index contributed by atoms with van der Waals surface area (Å²) >= 11 is 0. The molecule has 4 nitrogen and oxygen atoms in total. The maximum absolute atomic E-state index is 11.3. The van der Waals surface area contributed by atoms with Crippen LogP contribution in [0.4, 0.5) is 0 Å². The zero-order valence-corrected chi connectivity index (χ0v) is 10.7. The number of pyridine rings is 1. The van der Waals surface area contributed by atoms with Crippen LogP contribution < -0.4 is 10.6 Å². The van der Waals surface area contributed by atoms with Crippen molar-refractivity contribution in [1.82, 2.24) is 15.6 Å². The second-order valence-corrected chi connectivity index (χ2v) is 4.48. The molecule has 1 fully saturated rings. The summed E-state index contributed by atoms with van der Waals surface area (Å²) in [6.07, 6.45) is 3.88. The molecule has 2 rings (SSSR count). The Morgan fingerprint density at radius 3 is 3.16 bits per heavy atom. The molecule has 19 heavy (non-hydrogen) atoms. The molecule has 2 atom stereocenters. The molecule has 0 aliphatic carbocycles. The molecule has 1 aliphatic rings. The highest BCUT2D eigenvalue weighted by Crippen LogP contribution is 2.10. The maximum atomic E-state index is 11.3. The number of aromatic nitrogens is 1. The van der Waals surface area contributed by atoms with Gasteiger partial charge in [0, 0.05) is 31.2 Å². The Kier molecular flexibility index (Phi) is 4.71. The molecule has 1 aromatic heterocycles. The molecule has 0 aromatic carbocycles. The molecule has 0 saturated carbocycles. The first-order chi connectivity index (χ1) is 9.28. The van der Waals surface area contributed by atoms with Crippen LogP contribution in [-0.2, 0) is 4.79 Å². The molecule has 0 unspecified atom stereocenters. The smallest absolute Gasteiger partial charge is 0.243 e. The Morgan fingerprint density at radius 1 is 1.53 bits per heavy atom. The summed E-state index contributed by atoms with van der Waals surface area (Å²) in [6.45, 7) is 5.08. The van der Waals surface area contributed by atoms with Crippen LogP contribution in [0.25, 0.3) is 0 Å². The van der Waals surface area contributed by atoms with Crippen molar-refractivity contribution in [3.63, 3.8) is 0 Å². The molecule has 1 saturated heterocycles. The summed E-state index contributed by atoms with van der Waals surface area (Å²) in [4.78, 5) is 15.4. The normalized spacial score (nSPS) is 21.9. The van der Waals surface area contributed by atoms with E-state index in [2.05, 4.69) is 34.0 Å². The van der Waals surface area contributed by atoms with Gasteiger partial charge in [-0.15, -0.1) is 0 Å². The lowest BCUT2D eigenvalue weighted by Gasteiger charge is -2.27. The minimum Gasteiger partial charge on any atom is -0.349 e. The fourth-order valence-electron chi connectivity index (χ4n) is 2.03. The van der Waals surface area contributed by atoms with Crippen molar-refractivity contribution in [2.75, 3.05) is 13.1 Å². The number of rotatable bonds is 2. The topological polar surface area (TPSA) is 54.0 Å². The van der Waals surface area contributed by atoms with E-state index >= 15 is 0 Å². The summed E-state index contributed by atoms with van der Waals surface area (Å²) < 4.78 is 0. The minimum absolute atomic E-state index is 0.113. The highest BCUT2D eigenvalue weighted by molar-refractivity contribution is 5.87. The Bertz CT molecular complexity index is 501. The van der Waals surface area contributed by atoms with Gasteiger partial charge in [0.05, 0.1) is 0 Å². The number of carbonyl (C=O) groups is 1. The second-order valence-electron chi connectivity index (χ2n) is 4.48. The first-order valence-corrected chi connectivity index (χ1v) is 6.34. The van der Waals surface area contributed by atoms with Crippen LogP contribution in [0.2, 0.25) is 0 Å². The van der Waals surface area contributed by atoms with Gasteiger partial charge in [-0.05, 0) is 30.6 Å². The van der Waals surface area contributed by atoms with Crippen LogP contribution in [0.3, 0.4) is 0 Å². The molecular weight excluding hydrogens is 238 g/mol. The van der Waals surface area contributed by atoms with Crippen molar-refractivity contribution in [2.24, 2.45) is 5.92 Å². The van der Waals surface area contributed by atoms with Gasteiger partial charge in [0.1, 0.15) is 5.69 Å². The minimum atomic E-state index is -0.134. The van der Waals surface area contributed by atoms with Crippen LogP contribution in [0.1, 0.15) is 12.1 Å². The first-order valence-electron chi connectivity index (χ1n) is 6.34. The average molecular weight is 255 g/mol. The van der Waals surface area contributed by atoms with Crippen LogP contribution >= 0.6 is 0 Å². The molecule has 1 aliphatic heterocycles. The molecular formula is C15H17N3O. The van der Waals surface area contributed by atoms with Crippen molar-refractivity contribution in [1.29, 1.82) is 0 Å². The van der Waals surface area contributed by atoms with Gasteiger partial charge in [-0.1, -0.05) is 18.6 Å². The third-order valence-electron chi connectivity index (χ3n) is 2.95. The first kappa shape index (κ1) is 13.3. The van der Waals surface area contributed by atoms with Crippen LogP contribution in [0.5, 0.6) is 0 Å². The lowest BCUT2D eigenvalue weighted by molar-refractivity contribution is -0.117. The summed E-state index contributed by atoms with van der Waals surface area (Å²) in [7, 11) is 0. The predicted molar refractivity (Wildman–Crippen MR) is 74.2 cm³/mol. The quantitative estimate of drug-likeness (QED) is 0.604. The predicted octanol–water partition coefficient (Wildman–Crippen LogP) is 0.713. The van der Waals surface area contributed by atoms with E-state index < -0.39 is 0 Å². The van der Waals surface area contributed by atoms with Gasteiger partial charge in [0.2, 0.25) is 5.91 Å². The Hall–Kier alpha value is -2.12. The number of amides is 1. The van der Waals surface area contributed by atoms with E-state index in [9.17, 15) is 4.79 Å². The number of nitrogens with zero attached hydrogens (tertiary/aromatic N) is 1. The van der Waals surface area contributed by atoms with Gasteiger partial charge in [0.25, 0.3) is 0 Å².